The predicted molar refractivity (Wildman–Crippen MR) is 168 cm³/mol. The van der Waals surface area contributed by atoms with Gasteiger partial charge < -0.3 is 40.1 Å². The van der Waals surface area contributed by atoms with Crippen LogP contribution in [0.1, 0.15) is 99.8 Å². The Hall–Kier alpha value is -1.10. The van der Waals surface area contributed by atoms with E-state index in [1.54, 1.807) is 0 Å². The van der Waals surface area contributed by atoms with E-state index in [4.69, 9.17) is 9.47 Å². The molecule has 0 aromatic rings. The van der Waals surface area contributed by atoms with E-state index in [2.05, 4.69) is 61.1 Å². The summed E-state index contributed by atoms with van der Waals surface area (Å²) < 4.78 is 12.8. The zero-order chi connectivity index (χ0) is 32.6. The summed E-state index contributed by atoms with van der Waals surface area (Å²) in [4.78, 5) is 0. The van der Waals surface area contributed by atoms with Gasteiger partial charge in [0.1, 0.15) is 24.4 Å². The molecule has 5 aliphatic rings. The molecule has 5 rings (SSSR count). The van der Waals surface area contributed by atoms with E-state index in [0.29, 0.717) is 24.7 Å². The summed E-state index contributed by atoms with van der Waals surface area (Å²) in [5.74, 6) is 0.545. The van der Waals surface area contributed by atoms with Crippen molar-refractivity contribution in [1.82, 2.24) is 0 Å². The van der Waals surface area contributed by atoms with Gasteiger partial charge in [0.25, 0.3) is 0 Å². The normalized spacial score (nSPS) is 45.8. The Kier molecular flexibility index (Phi) is 9.22. The van der Waals surface area contributed by atoms with Gasteiger partial charge in [-0.15, -0.1) is 0 Å². The minimum absolute atomic E-state index is 0.100. The minimum Gasteiger partial charge on any atom is -0.394 e. The molecule has 12 atom stereocenters. The Morgan fingerprint density at radius 1 is 1.00 bits per heavy atom. The SMILES string of the molecule is C=C(CC[C@@H](C)[C@@]1(OC2O[C@H](CO)[C@@H](O)[C@H](O)[C@@H]2O)CC=C2C3=C(C[C@@H](O)[C@@]21C)[C@@]1(C)CC[C@H](O)C(C)(C)[C@@H]1CC3)C(C)C. The first kappa shape index (κ1) is 34.2. The fourth-order valence-electron chi connectivity index (χ4n) is 10.0. The molecule has 0 spiro atoms. The topological polar surface area (TPSA) is 140 Å². The zero-order valence-corrected chi connectivity index (χ0v) is 27.9. The number of fused-ring (bicyclic) bond motifs is 4. The summed E-state index contributed by atoms with van der Waals surface area (Å²) in [5.41, 5.74) is 2.69. The Morgan fingerprint density at radius 3 is 2.32 bits per heavy atom. The third kappa shape index (κ3) is 4.93. The first-order chi connectivity index (χ1) is 20.5. The summed E-state index contributed by atoms with van der Waals surface area (Å²) >= 11 is 0. The van der Waals surface area contributed by atoms with E-state index in [1.807, 2.05) is 0 Å². The van der Waals surface area contributed by atoms with Gasteiger partial charge in [0, 0.05) is 5.41 Å². The highest BCUT2D eigenvalue weighted by Crippen LogP contribution is 2.68. The highest BCUT2D eigenvalue weighted by molar-refractivity contribution is 5.53. The average Bonchev–Trinajstić information content (AvgIpc) is 3.28. The third-order valence-electron chi connectivity index (χ3n) is 13.3. The largest absolute Gasteiger partial charge is 0.394 e. The van der Waals surface area contributed by atoms with Crippen LogP contribution in [0.15, 0.2) is 34.9 Å². The van der Waals surface area contributed by atoms with Crippen molar-refractivity contribution < 1.29 is 40.1 Å². The van der Waals surface area contributed by atoms with Crippen LogP contribution < -0.4 is 0 Å². The molecule has 1 aliphatic heterocycles. The van der Waals surface area contributed by atoms with Crippen molar-refractivity contribution >= 4 is 0 Å². The third-order valence-corrected chi connectivity index (χ3v) is 13.3. The van der Waals surface area contributed by atoms with Crippen LogP contribution in [-0.4, -0.2) is 85.8 Å². The number of ether oxygens (including phenoxy) is 2. The second-order valence-electron chi connectivity index (χ2n) is 16.0. The lowest BCUT2D eigenvalue weighted by Crippen LogP contribution is -2.65. The van der Waals surface area contributed by atoms with E-state index >= 15 is 0 Å². The van der Waals surface area contributed by atoms with Gasteiger partial charge in [0.05, 0.1) is 24.4 Å². The smallest absolute Gasteiger partial charge is 0.187 e. The second-order valence-corrected chi connectivity index (χ2v) is 16.0. The first-order valence-corrected chi connectivity index (χ1v) is 16.9. The van der Waals surface area contributed by atoms with Crippen LogP contribution in [0.4, 0.5) is 0 Å². The number of rotatable bonds is 8. The maximum absolute atomic E-state index is 12.3. The minimum atomic E-state index is -1.55. The monoisotopic (exact) mass is 618 g/mol. The summed E-state index contributed by atoms with van der Waals surface area (Å²) in [6.45, 7) is 18.9. The van der Waals surface area contributed by atoms with E-state index in [9.17, 15) is 30.6 Å². The molecule has 1 heterocycles. The lowest BCUT2D eigenvalue weighted by Gasteiger charge is -2.61. The molecule has 0 radical (unpaired) electrons. The van der Waals surface area contributed by atoms with Gasteiger partial charge in [-0.3, -0.25) is 0 Å². The fraction of sp³-hybridized carbons (Fsp3) is 0.833. The van der Waals surface area contributed by atoms with Crippen LogP contribution in [0.5, 0.6) is 0 Å². The standard InChI is InChI=1S/C36H58O8/c1-19(2)20(3)9-10-21(4)36(44-32-31(42)30(41)29(40)25(18-37)43-32)16-13-23-22-11-12-26-33(5,6)27(38)14-15-34(26,7)24(22)17-28(39)35(23,36)8/h13,19,21,25-32,37-42H,3,9-12,14-18H2,1-2,4-8H3/t21-,25-,26+,27+,28-,29-,30+,31+,32?,34-,35-,36+/m1/s1. The highest BCUT2D eigenvalue weighted by atomic mass is 16.7. The Bertz CT molecular complexity index is 1170. The van der Waals surface area contributed by atoms with E-state index in [-0.39, 0.29) is 22.9 Å². The molecule has 2 fully saturated rings. The molecule has 8 nitrogen and oxygen atoms in total. The van der Waals surface area contributed by atoms with Crippen molar-refractivity contribution in [3.63, 3.8) is 0 Å². The molecule has 0 amide bonds. The molecule has 0 aromatic carbocycles. The van der Waals surface area contributed by atoms with Gasteiger partial charge in [-0.1, -0.05) is 72.3 Å². The van der Waals surface area contributed by atoms with Gasteiger partial charge in [-0.25, -0.2) is 0 Å². The second kappa shape index (κ2) is 11.9. The van der Waals surface area contributed by atoms with Crippen LogP contribution in [0.2, 0.25) is 0 Å². The summed E-state index contributed by atoms with van der Waals surface area (Å²) in [6, 6.07) is 0. The van der Waals surface area contributed by atoms with Crippen LogP contribution >= 0.6 is 0 Å². The molecule has 4 aliphatic carbocycles. The predicted octanol–water partition coefficient (Wildman–Crippen LogP) is 4.17. The van der Waals surface area contributed by atoms with Crippen LogP contribution in [0, 0.1) is 34.0 Å². The number of aliphatic hydroxyl groups excluding tert-OH is 6. The number of hydrogen-bond donors (Lipinski definition) is 6. The Labute approximate surface area is 263 Å². The van der Waals surface area contributed by atoms with Gasteiger partial charge >= 0.3 is 0 Å². The molecular weight excluding hydrogens is 560 g/mol. The lowest BCUT2D eigenvalue weighted by molar-refractivity contribution is -0.347. The van der Waals surface area contributed by atoms with Crippen LogP contribution in [0.3, 0.4) is 0 Å². The van der Waals surface area contributed by atoms with Crippen molar-refractivity contribution in [1.29, 1.82) is 0 Å². The maximum atomic E-state index is 12.3. The molecule has 6 N–H and O–H groups in total. The molecule has 250 valence electrons. The van der Waals surface area contributed by atoms with Gasteiger partial charge in [0.15, 0.2) is 6.29 Å². The number of aliphatic hydroxyl groups is 6. The van der Waals surface area contributed by atoms with Gasteiger partial charge in [-0.05, 0) is 91.1 Å². The molecule has 1 unspecified atom stereocenters. The van der Waals surface area contributed by atoms with E-state index < -0.39 is 54.4 Å². The fourth-order valence-corrected chi connectivity index (χ4v) is 10.0. The van der Waals surface area contributed by atoms with Crippen molar-refractivity contribution in [3.8, 4) is 0 Å². The van der Waals surface area contributed by atoms with Gasteiger partial charge in [-0.2, -0.15) is 0 Å². The Balaban J connectivity index is 1.56. The van der Waals surface area contributed by atoms with Crippen molar-refractivity contribution in [2.75, 3.05) is 6.61 Å². The first-order valence-electron chi connectivity index (χ1n) is 16.9. The van der Waals surface area contributed by atoms with Crippen molar-refractivity contribution in [2.24, 2.45) is 34.0 Å². The highest BCUT2D eigenvalue weighted by Gasteiger charge is 2.66. The average molecular weight is 619 g/mol. The van der Waals surface area contributed by atoms with Crippen LogP contribution in [-0.2, 0) is 9.47 Å². The van der Waals surface area contributed by atoms with Crippen LogP contribution in [0.25, 0.3) is 0 Å². The summed E-state index contributed by atoms with van der Waals surface area (Å²) in [6.07, 6.45) is 0.146. The van der Waals surface area contributed by atoms with Crippen molar-refractivity contribution in [2.45, 2.75) is 148 Å². The maximum Gasteiger partial charge on any atom is 0.187 e. The van der Waals surface area contributed by atoms with E-state index in [1.165, 1.54) is 11.1 Å². The molecule has 1 saturated heterocycles. The molecule has 8 heteroatoms. The summed E-state index contributed by atoms with van der Waals surface area (Å²) in [7, 11) is 0. The quantitative estimate of drug-likeness (QED) is 0.223. The number of hydrogen-bond acceptors (Lipinski definition) is 8. The molecule has 0 aromatic heterocycles. The molecule has 1 saturated carbocycles. The number of allylic oxidation sites excluding steroid dienone is 2. The zero-order valence-electron chi connectivity index (χ0n) is 27.9. The van der Waals surface area contributed by atoms with Gasteiger partial charge in [0.2, 0.25) is 0 Å². The molecular formula is C36H58O8. The van der Waals surface area contributed by atoms with E-state index in [0.717, 1.165) is 49.7 Å². The molecule has 44 heavy (non-hydrogen) atoms. The summed E-state index contributed by atoms with van der Waals surface area (Å²) in [5, 5.41) is 65.3. The van der Waals surface area contributed by atoms with Crippen molar-refractivity contribution in [3.05, 3.63) is 34.9 Å². The Morgan fingerprint density at radius 2 is 1.68 bits per heavy atom. The molecule has 0 bridgehead atoms. The lowest BCUT2D eigenvalue weighted by atomic mass is 9.45.